The van der Waals surface area contributed by atoms with Crippen LogP contribution in [-0.2, 0) is 14.3 Å². The highest BCUT2D eigenvalue weighted by molar-refractivity contribution is 5.77. The molecule has 0 aromatic carbocycles. The zero-order valence-corrected chi connectivity index (χ0v) is 41.1. The van der Waals surface area contributed by atoms with E-state index >= 15 is 0 Å². The van der Waals surface area contributed by atoms with Gasteiger partial charge in [-0.25, -0.2) is 0 Å². The SMILES string of the molecule is CCCCCCCCC/C=C/C=C/CCCCCC(=O)OC(CCCCCCCCCCCCCCCC)CC(=O)NC(CO)C(O)CCCCCCCCCCCCCC. The second-order valence-electron chi connectivity index (χ2n) is 18.7. The number of allylic oxidation sites excluding steroid dienone is 4. The summed E-state index contributed by atoms with van der Waals surface area (Å²) in [5.41, 5.74) is 0. The van der Waals surface area contributed by atoms with Crippen LogP contribution in [0.25, 0.3) is 0 Å². The number of carbonyl (C=O) groups excluding carboxylic acids is 2. The van der Waals surface area contributed by atoms with E-state index in [-0.39, 0.29) is 24.9 Å². The molecule has 0 aromatic rings. The van der Waals surface area contributed by atoms with E-state index in [4.69, 9.17) is 4.74 Å². The molecule has 0 heterocycles. The minimum absolute atomic E-state index is 0.0727. The molecule has 0 bridgehead atoms. The maximum absolute atomic E-state index is 13.2. The van der Waals surface area contributed by atoms with Gasteiger partial charge in [0.25, 0.3) is 0 Å². The van der Waals surface area contributed by atoms with Crippen molar-refractivity contribution in [1.29, 1.82) is 0 Å². The molecule has 0 saturated carbocycles. The summed E-state index contributed by atoms with van der Waals surface area (Å²) in [6, 6.07) is -0.702. The minimum atomic E-state index is -0.787. The lowest BCUT2D eigenvalue weighted by molar-refractivity contribution is -0.151. The molecule has 0 aromatic heterocycles. The molecule has 3 unspecified atom stereocenters. The van der Waals surface area contributed by atoms with Crippen LogP contribution in [0.1, 0.15) is 290 Å². The van der Waals surface area contributed by atoms with Crippen LogP contribution in [0, 0.1) is 0 Å². The van der Waals surface area contributed by atoms with Crippen molar-refractivity contribution < 1.29 is 24.5 Å². The Labute approximate surface area is 380 Å². The molecule has 0 aliphatic rings. The average molecular weight is 860 g/mol. The number of aliphatic hydroxyl groups is 2. The molecule has 0 spiro atoms. The van der Waals surface area contributed by atoms with E-state index in [9.17, 15) is 19.8 Å². The predicted molar refractivity (Wildman–Crippen MR) is 264 cm³/mol. The topological polar surface area (TPSA) is 95.9 Å². The Morgan fingerprint density at radius 1 is 0.475 bits per heavy atom. The highest BCUT2D eigenvalue weighted by atomic mass is 16.5. The molecule has 360 valence electrons. The molecule has 1 amide bonds. The zero-order valence-electron chi connectivity index (χ0n) is 41.1. The Hall–Kier alpha value is -1.66. The van der Waals surface area contributed by atoms with E-state index < -0.39 is 18.2 Å². The van der Waals surface area contributed by atoms with Gasteiger partial charge in [0, 0.05) is 6.42 Å². The number of nitrogens with one attached hydrogen (secondary N) is 1. The Bertz CT molecular complexity index is 966. The van der Waals surface area contributed by atoms with Crippen molar-refractivity contribution in [3.8, 4) is 0 Å². The second-order valence-corrected chi connectivity index (χ2v) is 18.7. The van der Waals surface area contributed by atoms with Gasteiger partial charge in [0.1, 0.15) is 6.10 Å². The van der Waals surface area contributed by atoms with Crippen LogP contribution in [0.2, 0.25) is 0 Å². The molecule has 0 fully saturated rings. The van der Waals surface area contributed by atoms with Gasteiger partial charge in [-0.2, -0.15) is 0 Å². The van der Waals surface area contributed by atoms with Crippen molar-refractivity contribution in [3.05, 3.63) is 24.3 Å². The smallest absolute Gasteiger partial charge is 0.306 e. The van der Waals surface area contributed by atoms with Crippen molar-refractivity contribution in [1.82, 2.24) is 5.32 Å². The van der Waals surface area contributed by atoms with Gasteiger partial charge in [-0.1, -0.05) is 251 Å². The number of aliphatic hydroxyl groups excluding tert-OH is 2. The van der Waals surface area contributed by atoms with Gasteiger partial charge in [-0.05, 0) is 51.4 Å². The molecule has 0 aliphatic heterocycles. The highest BCUT2D eigenvalue weighted by Gasteiger charge is 2.24. The molecule has 3 N–H and O–H groups in total. The van der Waals surface area contributed by atoms with Gasteiger partial charge in [0.2, 0.25) is 5.91 Å². The van der Waals surface area contributed by atoms with E-state index in [1.807, 2.05) is 0 Å². The monoisotopic (exact) mass is 860 g/mol. The maximum Gasteiger partial charge on any atom is 0.306 e. The van der Waals surface area contributed by atoms with E-state index in [2.05, 4.69) is 50.4 Å². The van der Waals surface area contributed by atoms with Gasteiger partial charge in [-0.3, -0.25) is 9.59 Å². The van der Waals surface area contributed by atoms with Crippen molar-refractivity contribution in [2.45, 2.75) is 309 Å². The fourth-order valence-corrected chi connectivity index (χ4v) is 8.42. The molecule has 0 radical (unpaired) electrons. The lowest BCUT2D eigenvalue weighted by Gasteiger charge is -2.24. The fourth-order valence-electron chi connectivity index (χ4n) is 8.42. The van der Waals surface area contributed by atoms with Crippen molar-refractivity contribution >= 4 is 11.9 Å². The van der Waals surface area contributed by atoms with Gasteiger partial charge >= 0.3 is 5.97 Å². The summed E-state index contributed by atoms with van der Waals surface area (Å²) < 4.78 is 5.94. The highest BCUT2D eigenvalue weighted by Crippen LogP contribution is 2.18. The van der Waals surface area contributed by atoms with E-state index in [0.717, 1.165) is 57.8 Å². The molecule has 3 atom stereocenters. The summed E-state index contributed by atoms with van der Waals surface area (Å²) in [5, 5.41) is 23.8. The first-order valence-corrected chi connectivity index (χ1v) is 27.1. The summed E-state index contributed by atoms with van der Waals surface area (Å²) in [5.74, 6) is -0.489. The number of rotatable bonds is 49. The van der Waals surface area contributed by atoms with Crippen molar-refractivity contribution in [2.24, 2.45) is 0 Å². The summed E-state index contributed by atoms with van der Waals surface area (Å²) in [4.78, 5) is 26.2. The molecule has 6 nitrogen and oxygen atoms in total. The molecular weight excluding hydrogens is 755 g/mol. The first-order valence-electron chi connectivity index (χ1n) is 27.1. The maximum atomic E-state index is 13.2. The summed E-state index contributed by atoms with van der Waals surface area (Å²) in [7, 11) is 0. The number of unbranched alkanes of at least 4 members (excludes halogenated alkanes) is 34. The van der Waals surface area contributed by atoms with Crippen LogP contribution >= 0.6 is 0 Å². The quantitative estimate of drug-likeness (QED) is 0.0322. The normalized spacial score (nSPS) is 13.3. The fraction of sp³-hybridized carbons (Fsp3) is 0.891. The Morgan fingerprint density at radius 2 is 0.820 bits per heavy atom. The number of hydrogen-bond acceptors (Lipinski definition) is 5. The van der Waals surface area contributed by atoms with E-state index in [1.54, 1.807) is 0 Å². The predicted octanol–water partition coefficient (Wildman–Crippen LogP) is 16.3. The Morgan fingerprint density at radius 3 is 1.21 bits per heavy atom. The second kappa shape index (κ2) is 49.4. The van der Waals surface area contributed by atoms with Gasteiger partial charge in [-0.15, -0.1) is 0 Å². The molecule has 0 rings (SSSR count). The molecule has 61 heavy (non-hydrogen) atoms. The lowest BCUT2D eigenvalue weighted by atomic mass is 10.0. The third-order valence-electron chi connectivity index (χ3n) is 12.6. The van der Waals surface area contributed by atoms with Gasteiger partial charge in [0.15, 0.2) is 0 Å². The van der Waals surface area contributed by atoms with Gasteiger partial charge < -0.3 is 20.3 Å². The van der Waals surface area contributed by atoms with Crippen molar-refractivity contribution in [3.63, 3.8) is 0 Å². The van der Waals surface area contributed by atoms with Crippen LogP contribution in [0.5, 0.6) is 0 Å². The zero-order chi connectivity index (χ0) is 44.5. The van der Waals surface area contributed by atoms with Crippen molar-refractivity contribution in [2.75, 3.05) is 6.61 Å². The average Bonchev–Trinajstić information content (AvgIpc) is 3.25. The number of hydrogen-bond donors (Lipinski definition) is 3. The van der Waals surface area contributed by atoms with Gasteiger partial charge in [0.05, 0.1) is 25.2 Å². The first kappa shape index (κ1) is 59.3. The largest absolute Gasteiger partial charge is 0.462 e. The van der Waals surface area contributed by atoms with Crippen LogP contribution in [-0.4, -0.2) is 46.9 Å². The molecule has 0 aliphatic carbocycles. The van der Waals surface area contributed by atoms with E-state index in [0.29, 0.717) is 19.3 Å². The number of ether oxygens (including phenoxy) is 1. The molecular formula is C55H105NO5. The summed E-state index contributed by atoms with van der Waals surface area (Å²) in [6.07, 6.45) is 56.6. The lowest BCUT2D eigenvalue weighted by Crippen LogP contribution is -2.46. The standard InChI is InChI=1S/C55H105NO5/c1-4-7-10-13-16-19-22-25-27-28-30-33-36-39-42-45-48-55(60)61-51(46-43-40-37-34-31-29-26-23-20-17-14-11-8-5-2)49-54(59)56-52(50-57)53(58)47-44-41-38-35-32-24-21-18-15-12-9-6-3/h27-28,30,33,51-53,57-58H,4-26,29,31-32,34-50H2,1-3H3,(H,56,59)/b28-27+,33-30+. The summed E-state index contributed by atoms with van der Waals surface area (Å²) >= 11 is 0. The minimum Gasteiger partial charge on any atom is -0.462 e. The van der Waals surface area contributed by atoms with E-state index in [1.165, 1.54) is 186 Å². The first-order chi connectivity index (χ1) is 30.0. The molecule has 6 heteroatoms. The third kappa shape index (κ3) is 44.7. The number of amides is 1. The summed E-state index contributed by atoms with van der Waals surface area (Å²) in [6.45, 7) is 6.49. The number of carbonyl (C=O) groups is 2. The third-order valence-corrected chi connectivity index (χ3v) is 12.6. The Balaban J connectivity index is 4.58. The van der Waals surface area contributed by atoms with Crippen LogP contribution in [0.15, 0.2) is 24.3 Å². The van der Waals surface area contributed by atoms with Crippen LogP contribution in [0.3, 0.4) is 0 Å². The van der Waals surface area contributed by atoms with Crippen LogP contribution < -0.4 is 5.32 Å². The van der Waals surface area contributed by atoms with Crippen LogP contribution in [0.4, 0.5) is 0 Å². The molecule has 0 saturated heterocycles. The Kier molecular flexibility index (Phi) is 48.0. The number of esters is 1.